The predicted octanol–water partition coefficient (Wildman–Crippen LogP) is -0.567. The van der Waals surface area contributed by atoms with E-state index in [0.717, 1.165) is 0 Å². The largest absolute Gasteiger partial charge is 0.390 e. The predicted molar refractivity (Wildman–Crippen MR) is 52.7 cm³/mol. The van der Waals surface area contributed by atoms with Crippen LogP contribution in [0.1, 0.15) is 13.3 Å². The Balaban J connectivity index is 2.51. The van der Waals surface area contributed by atoms with Crippen molar-refractivity contribution in [1.82, 2.24) is 4.31 Å². The minimum Gasteiger partial charge on any atom is -0.390 e. The topological polar surface area (TPSA) is 81.0 Å². The maximum absolute atomic E-state index is 10.6. The number of hydrogen-bond acceptors (Lipinski definition) is 3. The molecule has 1 rings (SSSR count). The Morgan fingerprint density at radius 1 is 1.43 bits per heavy atom. The molecule has 1 aliphatic rings. The molecule has 5 unspecified atom stereocenters. The van der Waals surface area contributed by atoms with E-state index in [9.17, 15) is 14.4 Å². The number of aliphatic hydroxyl groups is 2. The van der Waals surface area contributed by atoms with Gasteiger partial charge in [-0.2, -0.15) is 0 Å². The molecular formula is C8H17NO4S. The third-order valence-electron chi connectivity index (χ3n) is 2.85. The van der Waals surface area contributed by atoms with Crippen LogP contribution in [0.3, 0.4) is 0 Å². The molecule has 1 fully saturated rings. The van der Waals surface area contributed by atoms with Crippen LogP contribution in [-0.4, -0.2) is 49.1 Å². The first kappa shape index (κ1) is 12.1. The van der Waals surface area contributed by atoms with E-state index in [1.807, 2.05) is 6.92 Å². The quantitative estimate of drug-likeness (QED) is 0.560. The maximum atomic E-state index is 10.6. The zero-order valence-corrected chi connectivity index (χ0v) is 9.15. The minimum atomic E-state index is -2.00. The second-order valence-corrected chi connectivity index (χ2v) is 5.08. The van der Waals surface area contributed by atoms with Gasteiger partial charge < -0.3 is 10.2 Å². The molecule has 0 radical (unpaired) electrons. The van der Waals surface area contributed by atoms with Crippen molar-refractivity contribution in [3.8, 4) is 0 Å². The first-order valence-corrected chi connectivity index (χ1v) is 5.68. The van der Waals surface area contributed by atoms with Gasteiger partial charge >= 0.3 is 0 Å². The smallest absolute Gasteiger partial charge is 0.234 e. The second kappa shape index (κ2) is 4.67. The van der Waals surface area contributed by atoms with Crippen molar-refractivity contribution in [2.24, 2.45) is 11.8 Å². The molecule has 3 N–H and O–H groups in total. The highest BCUT2D eigenvalue weighted by molar-refractivity contribution is 7.76. The molecule has 5 nitrogen and oxygen atoms in total. The molecule has 6 heteroatoms. The lowest BCUT2D eigenvalue weighted by molar-refractivity contribution is 0.00471. The molecular weight excluding hydrogens is 206 g/mol. The Kier molecular flexibility index (Phi) is 4.03. The van der Waals surface area contributed by atoms with Gasteiger partial charge in [-0.05, 0) is 12.3 Å². The van der Waals surface area contributed by atoms with Gasteiger partial charge in [0.05, 0.1) is 12.2 Å². The van der Waals surface area contributed by atoms with Crippen LogP contribution in [0.2, 0.25) is 0 Å². The average molecular weight is 223 g/mol. The molecule has 0 bridgehead atoms. The third-order valence-corrected chi connectivity index (χ3v) is 3.53. The van der Waals surface area contributed by atoms with Crippen molar-refractivity contribution in [3.05, 3.63) is 0 Å². The summed E-state index contributed by atoms with van der Waals surface area (Å²) in [6.45, 7) is 2.19. The highest BCUT2D eigenvalue weighted by atomic mass is 32.2. The molecule has 0 heterocycles. The normalized spacial score (nSPS) is 40.4. The summed E-state index contributed by atoms with van der Waals surface area (Å²) >= 11 is -2.00. The fraction of sp³-hybridized carbons (Fsp3) is 1.00. The van der Waals surface area contributed by atoms with E-state index < -0.39 is 23.5 Å². The highest BCUT2D eigenvalue weighted by Crippen LogP contribution is 2.31. The number of rotatable bonds is 3. The maximum Gasteiger partial charge on any atom is 0.234 e. The van der Waals surface area contributed by atoms with Crippen LogP contribution in [0.25, 0.3) is 0 Å². The number of aliphatic hydroxyl groups excluding tert-OH is 2. The Bertz CT molecular complexity index is 225. The lowest BCUT2D eigenvalue weighted by atomic mass is 10.1. The summed E-state index contributed by atoms with van der Waals surface area (Å²) in [5.74, 6) is -0.0726. The van der Waals surface area contributed by atoms with Crippen LogP contribution in [0.15, 0.2) is 0 Å². The van der Waals surface area contributed by atoms with Gasteiger partial charge in [0.15, 0.2) is 0 Å². The molecule has 1 saturated carbocycles. The van der Waals surface area contributed by atoms with E-state index in [2.05, 4.69) is 0 Å². The Morgan fingerprint density at radius 3 is 2.36 bits per heavy atom. The molecule has 0 aromatic rings. The Labute approximate surface area is 86.1 Å². The fourth-order valence-electron chi connectivity index (χ4n) is 1.95. The van der Waals surface area contributed by atoms with E-state index in [4.69, 9.17) is 4.55 Å². The van der Waals surface area contributed by atoms with Crippen LogP contribution in [0.5, 0.6) is 0 Å². The van der Waals surface area contributed by atoms with Gasteiger partial charge in [0.2, 0.25) is 11.3 Å². The molecule has 5 atom stereocenters. The number of hydrogen-bond donors (Lipinski definition) is 3. The van der Waals surface area contributed by atoms with Crippen molar-refractivity contribution in [2.45, 2.75) is 25.6 Å². The van der Waals surface area contributed by atoms with Gasteiger partial charge in [-0.25, -0.2) is 8.51 Å². The lowest BCUT2D eigenvalue weighted by Crippen LogP contribution is -2.34. The standard InChI is InChI=1S/C8H17NO4S/c1-5-3-6(8(11)7(5)10)4-9(2)14(12)13/h5-8,10-11H,3-4H2,1-2H3,(H,12,13). The molecule has 0 spiro atoms. The van der Waals surface area contributed by atoms with Crippen molar-refractivity contribution in [1.29, 1.82) is 0 Å². The van der Waals surface area contributed by atoms with Gasteiger partial charge in [0.1, 0.15) is 0 Å². The van der Waals surface area contributed by atoms with Crippen LogP contribution >= 0.6 is 0 Å². The van der Waals surface area contributed by atoms with Crippen molar-refractivity contribution < 1.29 is 19.0 Å². The monoisotopic (exact) mass is 223 g/mol. The second-order valence-electron chi connectivity index (χ2n) is 4.00. The molecule has 0 aliphatic heterocycles. The van der Waals surface area contributed by atoms with Crippen molar-refractivity contribution in [3.63, 3.8) is 0 Å². The van der Waals surface area contributed by atoms with Gasteiger partial charge in [-0.1, -0.05) is 6.92 Å². The van der Waals surface area contributed by atoms with Crippen LogP contribution in [0, 0.1) is 11.8 Å². The van der Waals surface area contributed by atoms with Crippen LogP contribution in [0.4, 0.5) is 0 Å². The van der Waals surface area contributed by atoms with E-state index in [0.29, 0.717) is 13.0 Å². The first-order chi connectivity index (χ1) is 6.43. The molecule has 84 valence electrons. The number of nitrogens with zero attached hydrogens (tertiary/aromatic N) is 1. The Hall–Kier alpha value is -0.0100. The first-order valence-electron chi connectivity index (χ1n) is 4.61. The van der Waals surface area contributed by atoms with Gasteiger partial charge in [0.25, 0.3) is 0 Å². The summed E-state index contributed by atoms with van der Waals surface area (Å²) in [5.41, 5.74) is 0. The van der Waals surface area contributed by atoms with Crippen molar-refractivity contribution >= 4 is 11.3 Å². The molecule has 0 amide bonds. The van der Waals surface area contributed by atoms with Gasteiger partial charge in [-0.15, -0.1) is 0 Å². The van der Waals surface area contributed by atoms with Crippen molar-refractivity contribution in [2.75, 3.05) is 13.6 Å². The molecule has 0 aromatic heterocycles. The highest BCUT2D eigenvalue weighted by Gasteiger charge is 2.39. The van der Waals surface area contributed by atoms with E-state index in [1.54, 1.807) is 0 Å². The zero-order valence-electron chi connectivity index (χ0n) is 8.33. The van der Waals surface area contributed by atoms with Gasteiger partial charge in [0, 0.05) is 19.5 Å². The SMILES string of the molecule is CC1CC(CN(C)S(=O)O)C(O)C1O. The zero-order chi connectivity index (χ0) is 10.9. The fourth-order valence-corrected chi connectivity index (χ4v) is 2.27. The lowest BCUT2D eigenvalue weighted by Gasteiger charge is -2.20. The van der Waals surface area contributed by atoms with Crippen LogP contribution < -0.4 is 0 Å². The summed E-state index contributed by atoms with van der Waals surface area (Å²) in [4.78, 5) is 0. The van der Waals surface area contributed by atoms with E-state index in [-0.39, 0.29) is 11.8 Å². The molecule has 1 aliphatic carbocycles. The minimum absolute atomic E-state index is 0.0514. The summed E-state index contributed by atoms with van der Waals surface area (Å²) in [6.07, 6.45) is -0.805. The van der Waals surface area contributed by atoms with Gasteiger partial charge in [-0.3, -0.25) is 4.55 Å². The van der Waals surface area contributed by atoms with Crippen LogP contribution in [-0.2, 0) is 11.3 Å². The summed E-state index contributed by atoms with van der Waals surface area (Å²) in [7, 11) is 1.51. The third kappa shape index (κ3) is 2.52. The molecule has 14 heavy (non-hydrogen) atoms. The van der Waals surface area contributed by atoms with E-state index >= 15 is 0 Å². The average Bonchev–Trinajstić information content (AvgIpc) is 2.33. The molecule has 0 aromatic carbocycles. The summed E-state index contributed by atoms with van der Waals surface area (Å²) in [6, 6.07) is 0. The van der Waals surface area contributed by atoms with E-state index in [1.165, 1.54) is 11.4 Å². The summed E-state index contributed by atoms with van der Waals surface area (Å²) in [5, 5.41) is 19.1. The summed E-state index contributed by atoms with van der Waals surface area (Å²) < 4.78 is 20.7. The molecule has 0 saturated heterocycles. The Morgan fingerprint density at radius 2 is 2.00 bits per heavy atom.